The number of hydrogen-bond donors (Lipinski definition) is 3. The van der Waals surface area contributed by atoms with Crippen LogP contribution in [-0.2, 0) is 11.0 Å². The first-order valence-corrected chi connectivity index (χ1v) is 12.4. The molecule has 3 aromatic rings. The zero-order valence-electron chi connectivity index (χ0n) is 22.3. The number of hydrogen-bond acceptors (Lipinski definition) is 7. The summed E-state index contributed by atoms with van der Waals surface area (Å²) in [6.45, 7) is -5.70. The lowest BCUT2D eigenvalue weighted by Gasteiger charge is -2.32. The van der Waals surface area contributed by atoms with Gasteiger partial charge in [0.25, 0.3) is 11.5 Å². The molecule has 252 valence electrons. The number of carbonyl (C=O) groups excluding carboxylic acids is 2. The van der Waals surface area contributed by atoms with Crippen LogP contribution < -0.4 is 15.8 Å². The Balaban J connectivity index is 1.64. The van der Waals surface area contributed by atoms with Crippen LogP contribution in [0.15, 0.2) is 30.6 Å². The van der Waals surface area contributed by atoms with Crippen LogP contribution in [0, 0.1) is 0 Å². The minimum absolute atomic E-state index is 0.167. The van der Waals surface area contributed by atoms with Crippen molar-refractivity contribution >= 4 is 23.1 Å². The van der Waals surface area contributed by atoms with Crippen LogP contribution in [0.3, 0.4) is 0 Å². The number of fused-ring (bicyclic) bond motifs is 1. The van der Waals surface area contributed by atoms with Crippen molar-refractivity contribution in [3.05, 3.63) is 41.7 Å². The molecule has 3 heterocycles. The minimum atomic E-state index is -6.35. The first-order valence-electron chi connectivity index (χ1n) is 12.4. The smallest absolute Gasteiger partial charge is 0.426 e. The summed E-state index contributed by atoms with van der Waals surface area (Å²) < 4.78 is 165. The third-order valence-corrected chi connectivity index (χ3v) is 6.89. The van der Waals surface area contributed by atoms with E-state index in [1.165, 1.54) is 0 Å². The van der Waals surface area contributed by atoms with E-state index in [1.54, 1.807) is 0 Å². The first-order chi connectivity index (χ1) is 21.0. The van der Waals surface area contributed by atoms with E-state index in [-0.39, 0.29) is 16.2 Å². The molecule has 1 aromatic carbocycles. The zero-order chi connectivity index (χ0) is 34.6. The minimum Gasteiger partial charge on any atom is -0.434 e. The van der Waals surface area contributed by atoms with Crippen LogP contribution in [0.1, 0.15) is 22.3 Å². The van der Waals surface area contributed by atoms with Gasteiger partial charge >= 0.3 is 25.1 Å². The molecular weight excluding hydrogens is 664 g/mol. The molecule has 1 aliphatic rings. The Kier molecular flexibility index (Phi) is 8.74. The van der Waals surface area contributed by atoms with Gasteiger partial charge in [0, 0.05) is 12.1 Å². The number of nitrogen functional groups attached to an aromatic ring is 1. The number of alkyl halides is 12. The summed E-state index contributed by atoms with van der Waals surface area (Å²) in [6, 6.07) is 1.20. The fourth-order valence-corrected chi connectivity index (χ4v) is 4.60. The number of ether oxygens (including phenoxy) is 1. The van der Waals surface area contributed by atoms with E-state index < -0.39 is 102 Å². The van der Waals surface area contributed by atoms with Crippen LogP contribution in [0.4, 0.5) is 58.5 Å². The Hall–Kier alpha value is -4.50. The molecule has 1 fully saturated rings. The maximum atomic E-state index is 14.8. The number of amides is 2. The second-order valence-electron chi connectivity index (χ2n) is 9.86. The molecule has 4 N–H and O–H groups in total. The molecule has 2 aromatic heterocycles. The van der Waals surface area contributed by atoms with Gasteiger partial charge in [-0.2, -0.15) is 53.4 Å². The van der Waals surface area contributed by atoms with Crippen molar-refractivity contribution in [1.82, 2.24) is 24.8 Å². The molecule has 0 bridgehead atoms. The normalized spacial score (nSPS) is 18.0. The van der Waals surface area contributed by atoms with Crippen molar-refractivity contribution in [1.29, 1.82) is 0 Å². The van der Waals surface area contributed by atoms with Gasteiger partial charge in [-0.05, 0) is 24.3 Å². The third kappa shape index (κ3) is 6.42. The number of nitrogens with zero attached hydrogens (tertiary/aromatic N) is 4. The lowest BCUT2D eigenvalue weighted by atomic mass is 9.97. The van der Waals surface area contributed by atoms with E-state index in [0.717, 1.165) is 24.5 Å². The first kappa shape index (κ1) is 34.4. The summed E-state index contributed by atoms with van der Waals surface area (Å²) in [6.07, 6.45) is -21.8. The molecule has 10 nitrogen and oxygen atoms in total. The highest BCUT2D eigenvalue weighted by molar-refractivity contribution is 5.98. The third-order valence-electron chi connectivity index (χ3n) is 6.89. The van der Waals surface area contributed by atoms with Crippen LogP contribution in [-0.4, -0.2) is 86.3 Å². The molecule has 1 saturated heterocycles. The summed E-state index contributed by atoms with van der Waals surface area (Å²) in [5.41, 5.74) is -3.36. The van der Waals surface area contributed by atoms with E-state index in [9.17, 15) is 67.4 Å². The molecular formula is C24H18F12N6O4. The summed E-state index contributed by atoms with van der Waals surface area (Å²) >= 11 is 0. The molecule has 0 radical (unpaired) electrons. The highest BCUT2D eigenvalue weighted by Gasteiger charge is 2.71. The molecule has 4 rings (SSSR count). The van der Waals surface area contributed by atoms with E-state index >= 15 is 0 Å². The lowest BCUT2D eigenvalue weighted by Crippen LogP contribution is -2.59. The number of rotatable bonds is 7. The highest BCUT2D eigenvalue weighted by Crippen LogP contribution is 2.46. The van der Waals surface area contributed by atoms with Gasteiger partial charge in [0.15, 0.2) is 5.82 Å². The fourth-order valence-electron chi connectivity index (χ4n) is 4.60. The molecule has 22 heteroatoms. The average molecular weight is 682 g/mol. The number of halogens is 12. The van der Waals surface area contributed by atoms with Gasteiger partial charge in [-0.15, -0.1) is 0 Å². The SMILES string of the molecule is Nc1ncnn2c(-c3ccc(OC(F)F)c(C(=O)N[C@@H]4CN(C(=O)CC(O)(C(F)(F)F)C(F)(F)F)C[C@@H]4F)c3)cc(C(F)(F)F)c12. The van der Waals surface area contributed by atoms with Gasteiger partial charge in [0.2, 0.25) is 5.91 Å². The number of aliphatic hydroxyl groups is 1. The fraction of sp³-hybridized carbons (Fsp3) is 0.417. The maximum Gasteiger partial charge on any atom is 0.426 e. The predicted molar refractivity (Wildman–Crippen MR) is 129 cm³/mol. The number of aromatic nitrogens is 3. The monoisotopic (exact) mass is 682 g/mol. The van der Waals surface area contributed by atoms with E-state index in [4.69, 9.17) is 5.73 Å². The summed E-state index contributed by atoms with van der Waals surface area (Å²) in [7, 11) is 0. The Morgan fingerprint density at radius 1 is 1.04 bits per heavy atom. The Morgan fingerprint density at radius 3 is 2.24 bits per heavy atom. The number of likely N-dealkylation sites (tertiary alicyclic amines) is 1. The van der Waals surface area contributed by atoms with E-state index in [0.29, 0.717) is 10.6 Å². The molecule has 2 atom stereocenters. The number of nitrogens with two attached hydrogens (primary N) is 1. The Morgan fingerprint density at radius 2 is 1.67 bits per heavy atom. The van der Waals surface area contributed by atoms with Crippen molar-refractivity contribution in [3.8, 4) is 17.0 Å². The van der Waals surface area contributed by atoms with Gasteiger partial charge in [-0.1, -0.05) is 0 Å². The number of benzene rings is 1. The van der Waals surface area contributed by atoms with Gasteiger partial charge < -0.3 is 25.8 Å². The average Bonchev–Trinajstić information content (AvgIpc) is 3.49. The van der Waals surface area contributed by atoms with Crippen LogP contribution in [0.2, 0.25) is 0 Å². The molecule has 1 aliphatic heterocycles. The topological polar surface area (TPSA) is 135 Å². The van der Waals surface area contributed by atoms with Crippen molar-refractivity contribution in [2.24, 2.45) is 0 Å². The van der Waals surface area contributed by atoms with Crippen LogP contribution >= 0.6 is 0 Å². The molecule has 0 unspecified atom stereocenters. The standard InChI is InChI=1S/C24H18F12N6O4/c25-12-6-41(16(43)5-21(45,23(31,32)33)24(34,35)36)7-13(12)40-19(44)10-3-9(1-2-15(10)46-20(26)27)14-4-11(22(28,29)30)17-18(37)38-8-39-42(14)17/h1-4,8,12-13,20,45H,5-7H2,(H,40,44)(H2,37,38,39)/t12-,13+/m0/s1. The second kappa shape index (κ2) is 11.7. The van der Waals surface area contributed by atoms with Gasteiger partial charge in [0.1, 0.15) is 23.8 Å². The second-order valence-corrected chi connectivity index (χ2v) is 9.86. The number of anilines is 1. The molecule has 0 aliphatic carbocycles. The van der Waals surface area contributed by atoms with Crippen molar-refractivity contribution in [3.63, 3.8) is 0 Å². The molecule has 2 amide bonds. The Bertz CT molecular complexity index is 1620. The molecule has 0 saturated carbocycles. The quantitative estimate of drug-likeness (QED) is 0.319. The predicted octanol–water partition coefficient (Wildman–Crippen LogP) is 4.12. The van der Waals surface area contributed by atoms with Crippen molar-refractivity contribution in [2.45, 2.75) is 49.4 Å². The van der Waals surface area contributed by atoms with Gasteiger partial charge in [-0.3, -0.25) is 9.59 Å². The maximum absolute atomic E-state index is 14.8. The van der Waals surface area contributed by atoms with Crippen LogP contribution in [0.5, 0.6) is 5.75 Å². The molecule has 46 heavy (non-hydrogen) atoms. The van der Waals surface area contributed by atoms with Crippen molar-refractivity contribution < 1.29 is 72.1 Å². The van der Waals surface area contributed by atoms with E-state index in [1.807, 2.05) is 5.32 Å². The summed E-state index contributed by atoms with van der Waals surface area (Å²) in [4.78, 5) is 29.0. The van der Waals surface area contributed by atoms with Gasteiger partial charge in [0.05, 0.1) is 35.8 Å². The number of carbonyl (C=O) groups is 2. The highest BCUT2D eigenvalue weighted by atomic mass is 19.4. The van der Waals surface area contributed by atoms with Gasteiger partial charge in [-0.25, -0.2) is 13.9 Å². The number of nitrogens with one attached hydrogen (secondary N) is 1. The van der Waals surface area contributed by atoms with Crippen LogP contribution in [0.25, 0.3) is 16.8 Å². The van der Waals surface area contributed by atoms with E-state index in [2.05, 4.69) is 14.8 Å². The molecule has 0 spiro atoms. The largest absolute Gasteiger partial charge is 0.434 e. The summed E-state index contributed by atoms with van der Waals surface area (Å²) in [5.74, 6) is -4.89. The zero-order valence-corrected chi connectivity index (χ0v) is 22.3. The van der Waals surface area contributed by atoms with Crippen molar-refractivity contribution in [2.75, 3.05) is 18.8 Å². The Labute approximate surface area is 247 Å². The summed E-state index contributed by atoms with van der Waals surface area (Å²) in [5, 5.41) is 14.9. The lowest BCUT2D eigenvalue weighted by molar-refractivity contribution is -0.367.